The zero-order valence-electron chi connectivity index (χ0n) is 7.65. The fourth-order valence-corrected chi connectivity index (χ4v) is 3.72. The Labute approximate surface area is 79.1 Å². The van der Waals surface area contributed by atoms with Gasteiger partial charge in [-0.1, -0.05) is 0 Å². The van der Waals surface area contributed by atoms with E-state index in [4.69, 9.17) is 5.73 Å². The molecule has 4 nitrogen and oxygen atoms in total. The van der Waals surface area contributed by atoms with Crippen LogP contribution in [0.5, 0.6) is 0 Å². The zero-order chi connectivity index (χ0) is 9.47. The largest absolute Gasteiger partial charge is 0.327 e. The molecule has 0 aromatic heterocycles. The van der Waals surface area contributed by atoms with E-state index in [1.54, 1.807) is 4.31 Å². The van der Waals surface area contributed by atoms with Gasteiger partial charge in [-0.3, -0.25) is 0 Å². The minimum absolute atomic E-state index is 0.0438. The second-order valence-electron chi connectivity index (χ2n) is 4.00. The first-order valence-corrected chi connectivity index (χ1v) is 6.35. The number of nitrogens with zero attached hydrogens (tertiary/aromatic N) is 1. The summed E-state index contributed by atoms with van der Waals surface area (Å²) in [6.45, 7) is 1.20. The van der Waals surface area contributed by atoms with Gasteiger partial charge in [0.2, 0.25) is 10.0 Å². The minimum atomic E-state index is -2.97. The third-order valence-electron chi connectivity index (χ3n) is 2.73. The van der Waals surface area contributed by atoms with Gasteiger partial charge in [0.1, 0.15) is 0 Å². The van der Waals surface area contributed by atoms with E-state index in [0.717, 1.165) is 25.7 Å². The standard InChI is InChI=1S/C8H16N2O2S/c9-7-2-1-5-10(6-7)13(11,12)8-3-4-8/h7-8H,1-6,9H2. The summed E-state index contributed by atoms with van der Waals surface area (Å²) in [5.74, 6) is 0. The van der Waals surface area contributed by atoms with Crippen LogP contribution in [0.15, 0.2) is 0 Å². The number of hydrogen-bond donors (Lipinski definition) is 1. The molecule has 1 saturated carbocycles. The predicted octanol–water partition coefficient (Wildman–Crippen LogP) is -0.0983. The summed E-state index contributed by atoms with van der Waals surface area (Å²) in [5.41, 5.74) is 5.74. The van der Waals surface area contributed by atoms with Crippen LogP contribution in [-0.2, 0) is 10.0 Å². The molecule has 0 aromatic rings. The van der Waals surface area contributed by atoms with Gasteiger partial charge in [0.25, 0.3) is 0 Å². The van der Waals surface area contributed by atoms with E-state index >= 15 is 0 Å². The van der Waals surface area contributed by atoms with Crippen molar-refractivity contribution in [1.82, 2.24) is 4.31 Å². The van der Waals surface area contributed by atoms with Gasteiger partial charge >= 0.3 is 0 Å². The molecule has 5 heteroatoms. The first-order valence-electron chi connectivity index (χ1n) is 4.85. The van der Waals surface area contributed by atoms with Crippen molar-refractivity contribution >= 4 is 10.0 Å². The molecule has 76 valence electrons. The molecule has 1 heterocycles. The van der Waals surface area contributed by atoms with Crippen molar-refractivity contribution in [2.45, 2.75) is 37.0 Å². The lowest BCUT2D eigenvalue weighted by Gasteiger charge is -2.29. The van der Waals surface area contributed by atoms with Crippen LogP contribution in [-0.4, -0.2) is 37.1 Å². The van der Waals surface area contributed by atoms with Crippen LogP contribution < -0.4 is 5.73 Å². The van der Waals surface area contributed by atoms with Crippen LogP contribution in [0.3, 0.4) is 0 Å². The Morgan fingerprint density at radius 3 is 2.46 bits per heavy atom. The first kappa shape index (κ1) is 9.43. The van der Waals surface area contributed by atoms with Crippen molar-refractivity contribution in [2.75, 3.05) is 13.1 Å². The summed E-state index contributed by atoms with van der Waals surface area (Å²) in [6, 6.07) is 0.0438. The maximum atomic E-state index is 11.8. The van der Waals surface area contributed by atoms with Crippen LogP contribution in [0, 0.1) is 0 Å². The third kappa shape index (κ3) is 1.87. The Morgan fingerprint density at radius 2 is 1.92 bits per heavy atom. The Kier molecular flexibility index (Phi) is 2.33. The molecule has 1 unspecified atom stereocenters. The van der Waals surface area contributed by atoms with Gasteiger partial charge in [0.15, 0.2) is 0 Å². The van der Waals surface area contributed by atoms with E-state index < -0.39 is 10.0 Å². The lowest BCUT2D eigenvalue weighted by atomic mass is 10.1. The fourth-order valence-electron chi connectivity index (χ4n) is 1.78. The molecule has 0 amide bonds. The summed E-state index contributed by atoms with van der Waals surface area (Å²) in [5, 5.41) is -0.0854. The maximum Gasteiger partial charge on any atom is 0.217 e. The summed E-state index contributed by atoms with van der Waals surface area (Å²) in [4.78, 5) is 0. The lowest BCUT2D eigenvalue weighted by molar-refractivity contribution is 0.315. The molecule has 0 spiro atoms. The van der Waals surface area contributed by atoms with Gasteiger partial charge in [-0.15, -0.1) is 0 Å². The minimum Gasteiger partial charge on any atom is -0.327 e. The number of piperidine rings is 1. The molecule has 0 aromatic carbocycles. The van der Waals surface area contributed by atoms with E-state index in [0.29, 0.717) is 13.1 Å². The summed E-state index contributed by atoms with van der Waals surface area (Å²) in [6.07, 6.45) is 3.55. The number of rotatable bonds is 2. The highest BCUT2D eigenvalue weighted by molar-refractivity contribution is 7.90. The van der Waals surface area contributed by atoms with E-state index in [2.05, 4.69) is 0 Å². The average Bonchev–Trinajstić information content (AvgIpc) is 2.86. The molecule has 2 N–H and O–H groups in total. The monoisotopic (exact) mass is 204 g/mol. The first-order chi connectivity index (χ1) is 6.10. The van der Waals surface area contributed by atoms with Gasteiger partial charge in [-0.25, -0.2) is 12.7 Å². The normalized spacial score (nSPS) is 31.9. The number of nitrogens with two attached hydrogens (primary N) is 1. The number of sulfonamides is 1. The van der Waals surface area contributed by atoms with Gasteiger partial charge in [-0.2, -0.15) is 0 Å². The van der Waals surface area contributed by atoms with E-state index in [1.807, 2.05) is 0 Å². The molecular formula is C8H16N2O2S. The molecule has 13 heavy (non-hydrogen) atoms. The third-order valence-corrected chi connectivity index (χ3v) is 5.09. The summed E-state index contributed by atoms with van der Waals surface area (Å²) >= 11 is 0. The Hall–Kier alpha value is -0.130. The highest BCUT2D eigenvalue weighted by Crippen LogP contribution is 2.32. The van der Waals surface area contributed by atoms with Crippen LogP contribution in [0.1, 0.15) is 25.7 Å². The predicted molar refractivity (Wildman–Crippen MR) is 50.7 cm³/mol. The topological polar surface area (TPSA) is 63.4 Å². The van der Waals surface area contributed by atoms with Crippen molar-refractivity contribution in [1.29, 1.82) is 0 Å². The molecular weight excluding hydrogens is 188 g/mol. The van der Waals surface area contributed by atoms with Crippen LogP contribution in [0.4, 0.5) is 0 Å². The molecule has 0 bridgehead atoms. The van der Waals surface area contributed by atoms with Crippen LogP contribution in [0.25, 0.3) is 0 Å². The van der Waals surface area contributed by atoms with Gasteiger partial charge < -0.3 is 5.73 Å². The second kappa shape index (κ2) is 3.22. The van der Waals surface area contributed by atoms with Crippen molar-refractivity contribution < 1.29 is 8.42 Å². The zero-order valence-corrected chi connectivity index (χ0v) is 8.46. The molecule has 1 aliphatic heterocycles. The van der Waals surface area contributed by atoms with Crippen molar-refractivity contribution in [3.05, 3.63) is 0 Å². The summed E-state index contributed by atoms with van der Waals surface area (Å²) in [7, 11) is -2.97. The molecule has 2 fully saturated rings. The Balaban J connectivity index is 2.06. The second-order valence-corrected chi connectivity index (χ2v) is 6.22. The molecule has 1 aliphatic carbocycles. The number of hydrogen-bond acceptors (Lipinski definition) is 3. The van der Waals surface area contributed by atoms with Crippen LogP contribution >= 0.6 is 0 Å². The van der Waals surface area contributed by atoms with Crippen molar-refractivity contribution in [3.63, 3.8) is 0 Å². The van der Waals surface area contributed by atoms with E-state index in [9.17, 15) is 8.42 Å². The van der Waals surface area contributed by atoms with Crippen LogP contribution in [0.2, 0.25) is 0 Å². The van der Waals surface area contributed by atoms with Gasteiger partial charge in [-0.05, 0) is 25.7 Å². The van der Waals surface area contributed by atoms with E-state index in [-0.39, 0.29) is 11.3 Å². The molecule has 1 atom stereocenters. The van der Waals surface area contributed by atoms with Gasteiger partial charge in [0, 0.05) is 19.1 Å². The lowest BCUT2D eigenvalue weighted by Crippen LogP contribution is -2.46. The van der Waals surface area contributed by atoms with Gasteiger partial charge in [0.05, 0.1) is 5.25 Å². The average molecular weight is 204 g/mol. The van der Waals surface area contributed by atoms with Crippen molar-refractivity contribution in [3.8, 4) is 0 Å². The maximum absolute atomic E-state index is 11.8. The molecule has 1 saturated heterocycles. The smallest absolute Gasteiger partial charge is 0.217 e. The fraction of sp³-hybridized carbons (Fsp3) is 1.00. The molecule has 2 aliphatic rings. The highest BCUT2D eigenvalue weighted by Gasteiger charge is 2.41. The molecule has 2 rings (SSSR count). The highest BCUT2D eigenvalue weighted by atomic mass is 32.2. The van der Waals surface area contributed by atoms with E-state index in [1.165, 1.54) is 0 Å². The van der Waals surface area contributed by atoms with Crippen molar-refractivity contribution in [2.24, 2.45) is 5.73 Å². The summed E-state index contributed by atoms with van der Waals surface area (Å²) < 4.78 is 25.1. The Bertz CT molecular complexity index is 285. The molecule has 0 radical (unpaired) electrons. The Morgan fingerprint density at radius 1 is 1.23 bits per heavy atom. The SMILES string of the molecule is NC1CCCN(S(=O)(=O)C2CC2)C1. The quantitative estimate of drug-likeness (QED) is 0.683.